The molecule has 2 aromatic carbocycles. The molecular formula is C17H20O. The molecule has 18 heavy (non-hydrogen) atoms. The second kappa shape index (κ2) is 5.83. The van der Waals surface area contributed by atoms with Gasteiger partial charge in [-0.25, -0.2) is 0 Å². The van der Waals surface area contributed by atoms with Gasteiger partial charge in [-0.2, -0.15) is 0 Å². The fourth-order valence-corrected chi connectivity index (χ4v) is 2.53. The van der Waals surface area contributed by atoms with Crippen LogP contribution in [0.4, 0.5) is 0 Å². The maximum absolute atomic E-state index is 9.30. The number of rotatable bonds is 4. The van der Waals surface area contributed by atoms with E-state index < -0.39 is 0 Å². The van der Waals surface area contributed by atoms with E-state index in [1.807, 2.05) is 6.07 Å². The average Bonchev–Trinajstić information content (AvgIpc) is 2.38. The molecule has 1 N–H and O–H groups in total. The van der Waals surface area contributed by atoms with Gasteiger partial charge in [0, 0.05) is 12.5 Å². The molecule has 1 nitrogen and oxygen atoms in total. The number of aliphatic hydroxyl groups excluding tert-OH is 1. The molecule has 0 saturated carbocycles. The van der Waals surface area contributed by atoms with Crippen LogP contribution in [-0.2, 0) is 0 Å². The molecule has 0 aliphatic carbocycles. The molecule has 0 fully saturated rings. The summed E-state index contributed by atoms with van der Waals surface area (Å²) >= 11 is 0. The smallest absolute Gasteiger partial charge is 0.0440 e. The summed E-state index contributed by atoms with van der Waals surface area (Å²) in [4.78, 5) is 0. The van der Waals surface area contributed by atoms with Gasteiger partial charge in [0.1, 0.15) is 0 Å². The quantitative estimate of drug-likeness (QED) is 0.861. The van der Waals surface area contributed by atoms with Gasteiger partial charge in [-0.15, -0.1) is 0 Å². The lowest BCUT2D eigenvalue weighted by Crippen LogP contribution is -2.05. The molecule has 0 saturated heterocycles. The van der Waals surface area contributed by atoms with Crippen molar-refractivity contribution < 1.29 is 5.11 Å². The van der Waals surface area contributed by atoms with E-state index in [1.165, 1.54) is 22.3 Å². The van der Waals surface area contributed by atoms with Crippen LogP contribution in [0.5, 0.6) is 0 Å². The van der Waals surface area contributed by atoms with E-state index in [0.717, 1.165) is 6.42 Å². The van der Waals surface area contributed by atoms with Crippen LogP contribution in [-0.4, -0.2) is 11.7 Å². The third-order valence-corrected chi connectivity index (χ3v) is 3.42. The van der Waals surface area contributed by atoms with Gasteiger partial charge >= 0.3 is 0 Å². The Morgan fingerprint density at radius 2 is 1.72 bits per heavy atom. The Labute approximate surface area is 109 Å². The molecule has 1 atom stereocenters. The summed E-state index contributed by atoms with van der Waals surface area (Å²) < 4.78 is 0. The SMILES string of the molecule is Cc1ccc(C(CCO)c2ccccc2)c(C)c1. The van der Waals surface area contributed by atoms with Gasteiger partial charge in [0.15, 0.2) is 0 Å². The van der Waals surface area contributed by atoms with Gasteiger partial charge in [0.25, 0.3) is 0 Å². The number of hydrogen-bond acceptors (Lipinski definition) is 1. The van der Waals surface area contributed by atoms with Gasteiger partial charge in [-0.05, 0) is 37.0 Å². The van der Waals surface area contributed by atoms with Crippen LogP contribution in [0.1, 0.15) is 34.6 Å². The first-order valence-corrected chi connectivity index (χ1v) is 6.45. The highest BCUT2D eigenvalue weighted by atomic mass is 16.3. The third-order valence-electron chi connectivity index (χ3n) is 3.42. The fraction of sp³-hybridized carbons (Fsp3) is 0.294. The van der Waals surface area contributed by atoms with Crippen molar-refractivity contribution in [3.63, 3.8) is 0 Å². The second-order valence-electron chi connectivity index (χ2n) is 4.84. The maximum atomic E-state index is 9.30. The summed E-state index contributed by atoms with van der Waals surface area (Å²) in [7, 11) is 0. The summed E-state index contributed by atoms with van der Waals surface area (Å²) in [6.07, 6.45) is 0.772. The van der Waals surface area contributed by atoms with Crippen LogP contribution in [0, 0.1) is 13.8 Å². The summed E-state index contributed by atoms with van der Waals surface area (Å²) in [6, 6.07) is 17.0. The maximum Gasteiger partial charge on any atom is 0.0440 e. The Bertz CT molecular complexity index is 502. The Balaban J connectivity index is 2.41. The van der Waals surface area contributed by atoms with Crippen LogP contribution in [0.3, 0.4) is 0 Å². The first-order valence-electron chi connectivity index (χ1n) is 6.45. The summed E-state index contributed by atoms with van der Waals surface area (Å²) in [6.45, 7) is 4.48. The van der Waals surface area contributed by atoms with Gasteiger partial charge < -0.3 is 5.11 Å². The van der Waals surface area contributed by atoms with E-state index in [9.17, 15) is 5.11 Å². The lowest BCUT2D eigenvalue weighted by molar-refractivity contribution is 0.281. The molecule has 2 rings (SSSR count). The highest BCUT2D eigenvalue weighted by Gasteiger charge is 2.15. The van der Waals surface area contributed by atoms with E-state index in [-0.39, 0.29) is 12.5 Å². The van der Waals surface area contributed by atoms with Crippen molar-refractivity contribution in [3.8, 4) is 0 Å². The molecule has 0 aliphatic heterocycles. The predicted octanol–water partition coefficient (Wildman–Crippen LogP) is 3.82. The molecule has 1 heteroatoms. The van der Waals surface area contributed by atoms with Crippen LogP contribution >= 0.6 is 0 Å². The van der Waals surface area contributed by atoms with Gasteiger partial charge in [0.05, 0.1) is 0 Å². The van der Waals surface area contributed by atoms with Gasteiger partial charge in [-0.1, -0.05) is 54.1 Å². The Morgan fingerprint density at radius 3 is 2.33 bits per heavy atom. The molecule has 0 spiro atoms. The molecule has 1 unspecified atom stereocenters. The summed E-state index contributed by atoms with van der Waals surface area (Å²) in [5.74, 6) is 0.289. The lowest BCUT2D eigenvalue weighted by Gasteiger charge is -2.19. The van der Waals surface area contributed by atoms with E-state index >= 15 is 0 Å². The number of aliphatic hydroxyl groups is 1. The van der Waals surface area contributed by atoms with Crippen molar-refractivity contribution in [2.45, 2.75) is 26.2 Å². The monoisotopic (exact) mass is 240 g/mol. The van der Waals surface area contributed by atoms with Crippen molar-refractivity contribution in [2.75, 3.05) is 6.61 Å². The van der Waals surface area contributed by atoms with Crippen molar-refractivity contribution >= 4 is 0 Å². The molecule has 0 radical (unpaired) electrons. The minimum atomic E-state index is 0.215. The third kappa shape index (κ3) is 2.80. The minimum absolute atomic E-state index is 0.215. The molecular weight excluding hydrogens is 220 g/mol. The fourth-order valence-electron chi connectivity index (χ4n) is 2.53. The van der Waals surface area contributed by atoms with Crippen molar-refractivity contribution in [3.05, 3.63) is 70.8 Å². The lowest BCUT2D eigenvalue weighted by atomic mass is 9.86. The molecule has 0 heterocycles. The average molecular weight is 240 g/mol. The first kappa shape index (κ1) is 12.8. The Morgan fingerprint density at radius 1 is 1.00 bits per heavy atom. The molecule has 0 bridgehead atoms. The van der Waals surface area contributed by atoms with E-state index in [1.54, 1.807) is 0 Å². The second-order valence-corrected chi connectivity index (χ2v) is 4.84. The van der Waals surface area contributed by atoms with Gasteiger partial charge in [0.2, 0.25) is 0 Å². The summed E-state index contributed by atoms with van der Waals surface area (Å²) in [5.41, 5.74) is 5.18. The first-order chi connectivity index (χ1) is 8.72. The van der Waals surface area contributed by atoms with Crippen molar-refractivity contribution in [2.24, 2.45) is 0 Å². The van der Waals surface area contributed by atoms with Crippen LogP contribution in [0.2, 0.25) is 0 Å². The van der Waals surface area contributed by atoms with Gasteiger partial charge in [-0.3, -0.25) is 0 Å². The van der Waals surface area contributed by atoms with E-state index in [0.29, 0.717) is 0 Å². The largest absolute Gasteiger partial charge is 0.396 e. The standard InChI is InChI=1S/C17H20O/c1-13-8-9-16(14(2)12-13)17(10-11-18)15-6-4-3-5-7-15/h3-9,12,17-18H,10-11H2,1-2H3. The molecule has 2 aromatic rings. The molecule has 0 aliphatic rings. The van der Waals surface area contributed by atoms with Crippen LogP contribution in [0.25, 0.3) is 0 Å². The zero-order chi connectivity index (χ0) is 13.0. The minimum Gasteiger partial charge on any atom is -0.396 e. The summed E-state index contributed by atoms with van der Waals surface area (Å²) in [5, 5.41) is 9.30. The normalized spacial score (nSPS) is 12.4. The van der Waals surface area contributed by atoms with Crippen LogP contribution in [0.15, 0.2) is 48.5 Å². The predicted molar refractivity (Wildman–Crippen MR) is 75.9 cm³/mol. The van der Waals surface area contributed by atoms with E-state index in [2.05, 4.69) is 56.3 Å². The zero-order valence-corrected chi connectivity index (χ0v) is 11.1. The Hall–Kier alpha value is -1.60. The number of aryl methyl sites for hydroxylation is 2. The van der Waals surface area contributed by atoms with Crippen LogP contribution < -0.4 is 0 Å². The van der Waals surface area contributed by atoms with E-state index in [4.69, 9.17) is 0 Å². The highest BCUT2D eigenvalue weighted by molar-refractivity contribution is 5.39. The Kier molecular flexibility index (Phi) is 4.16. The topological polar surface area (TPSA) is 20.2 Å². The van der Waals surface area contributed by atoms with Crippen molar-refractivity contribution in [1.29, 1.82) is 0 Å². The zero-order valence-electron chi connectivity index (χ0n) is 11.1. The number of benzene rings is 2. The molecule has 94 valence electrons. The number of hydrogen-bond donors (Lipinski definition) is 1. The van der Waals surface area contributed by atoms with Crippen molar-refractivity contribution in [1.82, 2.24) is 0 Å². The highest BCUT2D eigenvalue weighted by Crippen LogP contribution is 2.30. The molecule has 0 amide bonds. The molecule has 0 aromatic heterocycles.